The lowest BCUT2D eigenvalue weighted by Gasteiger charge is -2.44. The van der Waals surface area contributed by atoms with Crippen molar-refractivity contribution in [3.63, 3.8) is 0 Å². The van der Waals surface area contributed by atoms with Crippen molar-refractivity contribution in [3.8, 4) is 11.5 Å². The first-order chi connectivity index (χ1) is 19.5. The lowest BCUT2D eigenvalue weighted by Crippen LogP contribution is -2.53. The number of rotatable bonds is 5. The molecular formula is C28H26F6INO6. The molecule has 2 aromatic rings. The molecule has 14 heteroatoms. The molecule has 2 N–H and O–H groups in total. The number of fused-ring (bicyclic) bond motifs is 3. The highest BCUT2D eigenvalue weighted by atomic mass is 127. The number of ether oxygens (including phenoxy) is 2. The maximum Gasteiger partial charge on any atom is 0.416 e. The Bertz CT molecular complexity index is 1400. The van der Waals surface area contributed by atoms with Crippen LogP contribution in [0, 0.1) is 27.2 Å². The van der Waals surface area contributed by atoms with Crippen LogP contribution in [-0.2, 0) is 26.7 Å². The van der Waals surface area contributed by atoms with E-state index in [1.807, 2.05) is 29.5 Å². The molecule has 228 valence electrons. The molecule has 0 bridgehead atoms. The Kier molecular flexibility index (Phi) is 7.74. The van der Waals surface area contributed by atoms with Crippen molar-refractivity contribution in [2.24, 2.45) is 23.7 Å². The van der Waals surface area contributed by atoms with Gasteiger partial charge >= 0.3 is 12.4 Å². The Labute approximate surface area is 249 Å². The zero-order chi connectivity index (χ0) is 30.9. The van der Waals surface area contributed by atoms with Crippen LogP contribution >= 0.6 is 22.6 Å². The van der Waals surface area contributed by atoms with Crippen molar-refractivity contribution in [2.75, 3.05) is 12.0 Å². The molecule has 2 amide bonds. The molecule has 3 fully saturated rings. The van der Waals surface area contributed by atoms with Gasteiger partial charge in [0.25, 0.3) is 0 Å². The predicted octanol–water partition coefficient (Wildman–Crippen LogP) is 6.44. The van der Waals surface area contributed by atoms with Gasteiger partial charge in [0.2, 0.25) is 11.8 Å². The molecule has 6 atom stereocenters. The van der Waals surface area contributed by atoms with Gasteiger partial charge < -0.3 is 19.7 Å². The number of carbonyl (C=O) groups is 2. The number of anilines is 1. The Morgan fingerprint density at radius 1 is 1.02 bits per heavy atom. The van der Waals surface area contributed by atoms with E-state index < -0.39 is 76.5 Å². The molecule has 1 aliphatic carbocycles. The van der Waals surface area contributed by atoms with Gasteiger partial charge in [-0.05, 0) is 77.7 Å². The second kappa shape index (κ2) is 10.5. The first-order valence-electron chi connectivity index (χ1n) is 13.1. The molecule has 42 heavy (non-hydrogen) atoms. The molecule has 0 aromatic heterocycles. The average Bonchev–Trinajstić information content (AvgIpc) is 3.38. The Hall–Kier alpha value is -2.59. The average molecular weight is 713 g/mol. The molecule has 3 aliphatic rings. The van der Waals surface area contributed by atoms with E-state index in [0.717, 1.165) is 0 Å². The van der Waals surface area contributed by atoms with Gasteiger partial charge in [-0.15, -0.1) is 0 Å². The van der Waals surface area contributed by atoms with Crippen LogP contribution in [0.2, 0.25) is 0 Å². The number of halogens is 7. The molecule has 0 radical (unpaired) electrons. The van der Waals surface area contributed by atoms with Crippen molar-refractivity contribution in [3.05, 3.63) is 50.6 Å². The lowest BCUT2D eigenvalue weighted by atomic mass is 9.63. The summed E-state index contributed by atoms with van der Waals surface area (Å²) in [7, 11) is 1.36. The summed E-state index contributed by atoms with van der Waals surface area (Å²) in [5, 5.41) is 22.2. The van der Waals surface area contributed by atoms with E-state index >= 15 is 0 Å². The summed E-state index contributed by atoms with van der Waals surface area (Å²) in [6.07, 6.45) is -10.2. The molecule has 2 saturated heterocycles. The van der Waals surface area contributed by atoms with Crippen LogP contribution in [0.4, 0.5) is 32.0 Å². The monoisotopic (exact) mass is 713 g/mol. The summed E-state index contributed by atoms with van der Waals surface area (Å²) in [6.45, 7) is 1.85. The second-order valence-corrected chi connectivity index (χ2v) is 12.0. The lowest BCUT2D eigenvalue weighted by molar-refractivity contribution is -0.270. The van der Waals surface area contributed by atoms with Crippen LogP contribution in [0.5, 0.6) is 11.5 Å². The number of methoxy groups -OCH3 is 1. The van der Waals surface area contributed by atoms with Crippen molar-refractivity contribution in [2.45, 2.75) is 56.9 Å². The Morgan fingerprint density at radius 3 is 2.19 bits per heavy atom. The number of amides is 2. The van der Waals surface area contributed by atoms with Crippen LogP contribution < -0.4 is 9.64 Å². The Balaban J connectivity index is 1.57. The van der Waals surface area contributed by atoms with Gasteiger partial charge in [0.1, 0.15) is 0 Å². The van der Waals surface area contributed by atoms with E-state index in [1.165, 1.54) is 13.2 Å². The summed E-state index contributed by atoms with van der Waals surface area (Å²) in [4.78, 5) is 27.8. The van der Waals surface area contributed by atoms with Gasteiger partial charge in [0, 0.05) is 11.8 Å². The molecule has 7 nitrogen and oxygen atoms in total. The van der Waals surface area contributed by atoms with Crippen LogP contribution in [0.3, 0.4) is 0 Å². The van der Waals surface area contributed by atoms with Crippen molar-refractivity contribution in [1.82, 2.24) is 0 Å². The zero-order valence-corrected chi connectivity index (χ0v) is 24.4. The number of benzene rings is 2. The van der Waals surface area contributed by atoms with Crippen molar-refractivity contribution >= 4 is 40.1 Å². The fourth-order valence-electron chi connectivity index (χ4n) is 6.62. The maximum atomic E-state index is 13.8. The number of alkyl halides is 6. The maximum absolute atomic E-state index is 13.8. The Morgan fingerprint density at radius 2 is 1.64 bits per heavy atom. The molecule has 0 unspecified atom stereocenters. The summed E-state index contributed by atoms with van der Waals surface area (Å²) < 4.78 is 93.2. The number of phenolic OH excluding ortho intramolecular Hbond substituents is 1. The summed E-state index contributed by atoms with van der Waals surface area (Å²) in [5.74, 6) is -7.68. The number of nitrogens with zero attached hydrogens (tertiary/aromatic N) is 1. The number of aliphatic hydroxyl groups is 1. The largest absolute Gasteiger partial charge is 0.504 e. The molecule has 2 aliphatic heterocycles. The number of hydrogen-bond donors (Lipinski definition) is 2. The van der Waals surface area contributed by atoms with Crippen LogP contribution in [-0.4, -0.2) is 34.9 Å². The topological polar surface area (TPSA) is 96.3 Å². The normalized spacial score (nSPS) is 29.6. The first-order valence-corrected chi connectivity index (χ1v) is 14.2. The minimum atomic E-state index is -5.17. The third-order valence-corrected chi connectivity index (χ3v) is 9.30. The highest BCUT2D eigenvalue weighted by Crippen LogP contribution is 2.60. The fraction of sp³-hybridized carbons (Fsp3) is 0.500. The second-order valence-electron chi connectivity index (χ2n) is 10.9. The highest BCUT2D eigenvalue weighted by molar-refractivity contribution is 14.1. The first kappa shape index (κ1) is 30.9. The van der Waals surface area contributed by atoms with E-state index in [-0.39, 0.29) is 30.4 Å². The third kappa shape index (κ3) is 5.02. The van der Waals surface area contributed by atoms with E-state index in [0.29, 0.717) is 39.0 Å². The van der Waals surface area contributed by atoms with Crippen molar-refractivity contribution < 1.29 is 55.6 Å². The van der Waals surface area contributed by atoms with E-state index in [4.69, 9.17) is 9.47 Å². The van der Waals surface area contributed by atoms with E-state index in [1.54, 1.807) is 6.07 Å². The number of phenols is 1. The number of aromatic hydroxyl groups is 1. The summed E-state index contributed by atoms with van der Waals surface area (Å²) >= 11 is 1.89. The molecule has 2 aromatic carbocycles. The molecule has 5 rings (SSSR count). The highest BCUT2D eigenvalue weighted by Gasteiger charge is 2.66. The quantitative estimate of drug-likeness (QED) is 0.211. The summed E-state index contributed by atoms with van der Waals surface area (Å²) in [6, 6.07) is 3.78. The van der Waals surface area contributed by atoms with Gasteiger partial charge in [-0.25, -0.2) is 0 Å². The van der Waals surface area contributed by atoms with Crippen LogP contribution in [0.15, 0.2) is 30.3 Å². The molecular weight excluding hydrogens is 687 g/mol. The predicted molar refractivity (Wildman–Crippen MR) is 143 cm³/mol. The number of hydrogen-bond acceptors (Lipinski definition) is 6. The summed E-state index contributed by atoms with van der Waals surface area (Å²) in [5.41, 5.74) is -3.61. The molecule has 2 heterocycles. The minimum Gasteiger partial charge on any atom is -0.504 e. The number of imide groups is 1. The number of carbonyl (C=O) groups excluding carboxylic acids is 2. The standard InChI is InChI=1S/C28H26F6INO6/c1-3-4-13-10-17-22(18-11-20(42-26(13,18)40)12-5-19(35)23(37)21(6-12)41-2)25(39)36(24(17)38)16-8-14(27(29,30)31)7-15(9-16)28(32,33)34/h5-9,13,17-18,20,22,37,40H,3-4,10-11H2,1-2H3/t13-,17-,18-,20-,22-,26+/m0/s1. The van der Waals surface area contributed by atoms with E-state index in [9.17, 15) is 46.1 Å². The van der Waals surface area contributed by atoms with Gasteiger partial charge in [-0.2, -0.15) is 26.3 Å². The third-order valence-electron chi connectivity index (χ3n) is 8.47. The van der Waals surface area contributed by atoms with Gasteiger partial charge in [0.05, 0.1) is 45.4 Å². The van der Waals surface area contributed by atoms with Gasteiger partial charge in [-0.3, -0.25) is 14.5 Å². The van der Waals surface area contributed by atoms with Crippen LogP contribution in [0.1, 0.15) is 55.4 Å². The van der Waals surface area contributed by atoms with E-state index in [2.05, 4.69) is 0 Å². The zero-order valence-electron chi connectivity index (χ0n) is 22.2. The molecule has 0 spiro atoms. The van der Waals surface area contributed by atoms with Crippen molar-refractivity contribution in [1.29, 1.82) is 0 Å². The minimum absolute atomic E-state index is 0.0329. The SMILES string of the molecule is CCC[C@H]1C[C@@H]2C(=O)N(c3cc(C(F)(F)F)cc(C(F)(F)F)c3)C(=O)[C@@H]2[C@@H]2C[C@@H](c3cc(I)c(O)c(OC)c3)O[C@]12O. The van der Waals surface area contributed by atoms with Crippen LogP contribution in [0.25, 0.3) is 0 Å². The van der Waals surface area contributed by atoms with Gasteiger partial charge in [-0.1, -0.05) is 13.3 Å². The molecule has 1 saturated carbocycles. The fourth-order valence-corrected chi connectivity index (χ4v) is 7.25. The van der Waals surface area contributed by atoms with Gasteiger partial charge in [0.15, 0.2) is 17.3 Å². The smallest absolute Gasteiger partial charge is 0.416 e.